The Hall–Kier alpha value is -1.07. The molecule has 2 N–H and O–H groups in total. The van der Waals surface area contributed by atoms with Crippen LogP contribution in [0.3, 0.4) is 0 Å². The quantitative estimate of drug-likeness (QED) is 0.866. The van der Waals surface area contributed by atoms with Crippen LogP contribution >= 0.6 is 0 Å². The van der Waals surface area contributed by atoms with Crippen LogP contribution in [0.5, 0.6) is 0 Å². The minimum absolute atomic E-state index is 0.107. The molecule has 2 atom stereocenters. The lowest BCUT2D eigenvalue weighted by molar-refractivity contribution is 0.239. The summed E-state index contributed by atoms with van der Waals surface area (Å²) in [6.07, 6.45) is 4.19. The molecule has 0 amide bonds. The van der Waals surface area contributed by atoms with Crippen molar-refractivity contribution < 1.29 is 8.42 Å². The highest BCUT2D eigenvalue weighted by Gasteiger charge is 2.30. The van der Waals surface area contributed by atoms with Crippen LogP contribution in [0.15, 0.2) is 29.2 Å². The fraction of sp³-hybridized carbons (Fsp3) is 0.571. The Balaban J connectivity index is 2.24. The van der Waals surface area contributed by atoms with Crippen molar-refractivity contribution in [2.24, 2.45) is 5.92 Å². The number of rotatable bonds is 3. The predicted octanol–water partition coefficient (Wildman–Crippen LogP) is 2.47. The lowest BCUT2D eigenvalue weighted by Gasteiger charge is -2.33. The number of nitrogen functional groups attached to an aromatic ring is 1. The summed E-state index contributed by atoms with van der Waals surface area (Å²) in [5.74, 6) is 0.595. The van der Waals surface area contributed by atoms with Gasteiger partial charge in [-0.25, -0.2) is 8.42 Å². The van der Waals surface area contributed by atoms with Crippen molar-refractivity contribution in [2.45, 2.75) is 43.5 Å². The van der Waals surface area contributed by atoms with E-state index in [1.165, 1.54) is 16.8 Å². The first kappa shape index (κ1) is 14.3. The third-order valence-electron chi connectivity index (χ3n) is 3.96. The molecule has 19 heavy (non-hydrogen) atoms. The molecule has 1 saturated carbocycles. The third-order valence-corrected chi connectivity index (χ3v) is 5.86. The van der Waals surface area contributed by atoms with E-state index in [0.29, 0.717) is 11.6 Å². The minimum atomic E-state index is -3.43. The molecule has 0 saturated heterocycles. The fourth-order valence-corrected chi connectivity index (χ4v) is 4.22. The maximum absolute atomic E-state index is 12.6. The Labute approximate surface area is 115 Å². The monoisotopic (exact) mass is 282 g/mol. The van der Waals surface area contributed by atoms with Crippen molar-refractivity contribution in [3.63, 3.8) is 0 Å². The SMILES string of the molecule is CC1CCCC(N(C)S(=O)(=O)c2cccc(N)c2)C1. The van der Waals surface area contributed by atoms with Crippen molar-refractivity contribution in [3.8, 4) is 0 Å². The molecule has 0 bridgehead atoms. The van der Waals surface area contributed by atoms with Crippen LogP contribution in [0.4, 0.5) is 5.69 Å². The van der Waals surface area contributed by atoms with E-state index < -0.39 is 10.0 Å². The molecule has 2 rings (SSSR count). The highest BCUT2D eigenvalue weighted by Crippen LogP contribution is 2.30. The zero-order valence-corrected chi connectivity index (χ0v) is 12.4. The predicted molar refractivity (Wildman–Crippen MR) is 77.2 cm³/mol. The minimum Gasteiger partial charge on any atom is -0.399 e. The number of hydrogen-bond donors (Lipinski definition) is 1. The molecule has 106 valence electrons. The van der Waals surface area contributed by atoms with Crippen LogP contribution in [-0.4, -0.2) is 25.8 Å². The van der Waals surface area contributed by atoms with E-state index in [9.17, 15) is 8.42 Å². The molecule has 0 aliphatic heterocycles. The maximum atomic E-state index is 12.6. The standard InChI is InChI=1S/C14H22N2O2S/c1-11-5-3-7-13(9-11)16(2)19(17,18)14-8-4-6-12(15)10-14/h4,6,8,10-11,13H,3,5,7,9,15H2,1-2H3. The van der Waals surface area contributed by atoms with Crippen LogP contribution in [0.25, 0.3) is 0 Å². The second-order valence-corrected chi connectivity index (χ2v) is 7.52. The maximum Gasteiger partial charge on any atom is 0.243 e. The van der Waals surface area contributed by atoms with Crippen LogP contribution in [-0.2, 0) is 10.0 Å². The number of anilines is 1. The second kappa shape index (κ2) is 5.51. The molecule has 1 aliphatic carbocycles. The van der Waals surface area contributed by atoms with E-state index in [0.717, 1.165) is 19.3 Å². The molecule has 1 aromatic rings. The summed E-state index contributed by atoms with van der Waals surface area (Å²) in [7, 11) is -1.75. The summed E-state index contributed by atoms with van der Waals surface area (Å²) in [5.41, 5.74) is 6.15. The fourth-order valence-electron chi connectivity index (χ4n) is 2.77. The topological polar surface area (TPSA) is 63.4 Å². The molecular formula is C14H22N2O2S. The summed E-state index contributed by atoms with van der Waals surface area (Å²) >= 11 is 0. The van der Waals surface area contributed by atoms with Crippen LogP contribution in [0.1, 0.15) is 32.6 Å². The number of hydrogen-bond acceptors (Lipinski definition) is 3. The van der Waals surface area contributed by atoms with E-state index in [-0.39, 0.29) is 10.9 Å². The molecule has 2 unspecified atom stereocenters. The van der Waals surface area contributed by atoms with Gasteiger partial charge in [0.1, 0.15) is 0 Å². The molecule has 5 heteroatoms. The highest BCUT2D eigenvalue weighted by atomic mass is 32.2. The first-order valence-corrected chi connectivity index (χ1v) is 8.19. The number of benzene rings is 1. The summed E-state index contributed by atoms with van der Waals surface area (Å²) in [5, 5.41) is 0. The Bertz CT molecular complexity index is 542. The number of sulfonamides is 1. The van der Waals surface area contributed by atoms with E-state index in [2.05, 4.69) is 6.92 Å². The molecule has 0 aromatic heterocycles. The molecule has 0 radical (unpaired) electrons. The molecule has 0 heterocycles. The molecule has 1 fully saturated rings. The summed E-state index contributed by atoms with van der Waals surface area (Å²) in [6, 6.07) is 6.61. The first-order valence-electron chi connectivity index (χ1n) is 6.75. The summed E-state index contributed by atoms with van der Waals surface area (Å²) in [6.45, 7) is 2.19. The Morgan fingerprint density at radius 1 is 1.32 bits per heavy atom. The first-order chi connectivity index (χ1) is 8.91. The van der Waals surface area contributed by atoms with Gasteiger partial charge >= 0.3 is 0 Å². The Morgan fingerprint density at radius 3 is 2.68 bits per heavy atom. The Morgan fingerprint density at radius 2 is 2.05 bits per heavy atom. The van der Waals surface area contributed by atoms with Gasteiger partial charge in [0, 0.05) is 18.8 Å². The van der Waals surface area contributed by atoms with Crippen LogP contribution in [0, 0.1) is 5.92 Å². The van der Waals surface area contributed by atoms with Gasteiger partial charge in [-0.2, -0.15) is 4.31 Å². The lowest BCUT2D eigenvalue weighted by atomic mass is 9.87. The average Bonchev–Trinajstić information content (AvgIpc) is 2.38. The van der Waals surface area contributed by atoms with Crippen LogP contribution in [0.2, 0.25) is 0 Å². The average molecular weight is 282 g/mol. The van der Waals surface area contributed by atoms with Gasteiger partial charge in [-0.05, 0) is 37.0 Å². The van der Waals surface area contributed by atoms with Gasteiger partial charge in [0.15, 0.2) is 0 Å². The summed E-state index contributed by atoms with van der Waals surface area (Å²) in [4.78, 5) is 0.285. The van der Waals surface area contributed by atoms with Crippen molar-refractivity contribution in [3.05, 3.63) is 24.3 Å². The van der Waals surface area contributed by atoms with E-state index >= 15 is 0 Å². The molecule has 4 nitrogen and oxygen atoms in total. The Kier molecular flexibility index (Phi) is 4.16. The zero-order chi connectivity index (χ0) is 14.0. The van der Waals surface area contributed by atoms with E-state index in [4.69, 9.17) is 5.73 Å². The second-order valence-electron chi connectivity index (χ2n) is 5.52. The van der Waals surface area contributed by atoms with Crippen molar-refractivity contribution in [2.75, 3.05) is 12.8 Å². The summed E-state index contributed by atoms with van der Waals surface area (Å²) < 4.78 is 26.6. The molecular weight excluding hydrogens is 260 g/mol. The lowest BCUT2D eigenvalue weighted by Crippen LogP contribution is -2.39. The van der Waals surface area contributed by atoms with E-state index in [1.54, 1.807) is 25.2 Å². The normalized spacial score (nSPS) is 24.6. The van der Waals surface area contributed by atoms with Gasteiger partial charge in [0.05, 0.1) is 4.90 Å². The van der Waals surface area contributed by atoms with Crippen molar-refractivity contribution in [1.29, 1.82) is 0 Å². The number of nitrogens with two attached hydrogens (primary N) is 1. The van der Waals surface area contributed by atoms with Crippen LogP contribution < -0.4 is 5.73 Å². The van der Waals surface area contributed by atoms with Gasteiger partial charge in [-0.15, -0.1) is 0 Å². The van der Waals surface area contributed by atoms with Crippen molar-refractivity contribution in [1.82, 2.24) is 4.31 Å². The molecule has 1 aromatic carbocycles. The zero-order valence-electron chi connectivity index (χ0n) is 11.5. The van der Waals surface area contributed by atoms with E-state index in [1.807, 2.05) is 0 Å². The van der Waals surface area contributed by atoms with Gasteiger partial charge in [-0.1, -0.05) is 25.8 Å². The molecule has 0 spiro atoms. The molecule has 1 aliphatic rings. The van der Waals surface area contributed by atoms with Gasteiger partial charge in [-0.3, -0.25) is 0 Å². The third kappa shape index (κ3) is 3.09. The van der Waals surface area contributed by atoms with Gasteiger partial charge < -0.3 is 5.73 Å². The van der Waals surface area contributed by atoms with Gasteiger partial charge in [0.2, 0.25) is 10.0 Å². The van der Waals surface area contributed by atoms with Crippen molar-refractivity contribution >= 4 is 15.7 Å². The largest absolute Gasteiger partial charge is 0.399 e. The smallest absolute Gasteiger partial charge is 0.243 e. The highest BCUT2D eigenvalue weighted by molar-refractivity contribution is 7.89. The van der Waals surface area contributed by atoms with Gasteiger partial charge in [0.25, 0.3) is 0 Å². The number of nitrogens with zero attached hydrogens (tertiary/aromatic N) is 1.